The standard InChI is InChI=1S/C15H21N/c1-2-5-13(6-3-1)11-12-16-14-7-4-8-15(16)10-9-14/h1-3,5-6,14-15H,4,7-12H2. The lowest BCUT2D eigenvalue weighted by Crippen LogP contribution is -2.40. The van der Waals surface area contributed by atoms with Crippen LogP contribution in [-0.2, 0) is 6.42 Å². The van der Waals surface area contributed by atoms with Crippen molar-refractivity contribution < 1.29 is 0 Å². The molecule has 0 radical (unpaired) electrons. The third kappa shape index (κ3) is 2.01. The molecule has 2 heterocycles. The Morgan fingerprint density at radius 3 is 2.31 bits per heavy atom. The maximum atomic E-state index is 2.79. The van der Waals surface area contributed by atoms with E-state index in [1.54, 1.807) is 0 Å². The quantitative estimate of drug-likeness (QED) is 0.748. The lowest BCUT2D eigenvalue weighted by Gasteiger charge is -2.34. The number of piperidine rings is 1. The van der Waals surface area contributed by atoms with Gasteiger partial charge >= 0.3 is 0 Å². The molecular weight excluding hydrogens is 194 g/mol. The fraction of sp³-hybridized carbons (Fsp3) is 0.600. The van der Waals surface area contributed by atoms with Crippen LogP contribution in [0.2, 0.25) is 0 Å². The molecule has 0 aliphatic carbocycles. The third-order valence-electron chi connectivity index (χ3n) is 4.35. The highest BCUT2D eigenvalue weighted by Gasteiger charge is 2.35. The van der Waals surface area contributed by atoms with Crippen LogP contribution < -0.4 is 0 Å². The van der Waals surface area contributed by atoms with E-state index in [4.69, 9.17) is 0 Å². The summed E-state index contributed by atoms with van der Waals surface area (Å²) in [6, 6.07) is 12.8. The van der Waals surface area contributed by atoms with Crippen LogP contribution >= 0.6 is 0 Å². The van der Waals surface area contributed by atoms with Crippen molar-refractivity contribution in [3.63, 3.8) is 0 Å². The van der Waals surface area contributed by atoms with Crippen LogP contribution in [0.4, 0.5) is 0 Å². The molecule has 2 fully saturated rings. The normalized spacial score (nSPS) is 29.5. The molecule has 1 nitrogen and oxygen atoms in total. The second kappa shape index (κ2) is 4.58. The molecule has 2 atom stereocenters. The molecule has 0 amide bonds. The highest BCUT2D eigenvalue weighted by molar-refractivity contribution is 5.15. The molecule has 1 aromatic rings. The fourth-order valence-electron chi connectivity index (χ4n) is 3.49. The van der Waals surface area contributed by atoms with E-state index >= 15 is 0 Å². The number of rotatable bonds is 3. The predicted molar refractivity (Wildman–Crippen MR) is 67.5 cm³/mol. The van der Waals surface area contributed by atoms with E-state index in [0.29, 0.717) is 0 Å². The van der Waals surface area contributed by atoms with Gasteiger partial charge in [-0.1, -0.05) is 36.8 Å². The first kappa shape index (κ1) is 10.3. The molecule has 2 aliphatic rings. The zero-order chi connectivity index (χ0) is 10.8. The number of fused-ring (bicyclic) bond motifs is 2. The summed E-state index contributed by atoms with van der Waals surface area (Å²) in [5.41, 5.74) is 1.49. The summed E-state index contributed by atoms with van der Waals surface area (Å²) >= 11 is 0. The van der Waals surface area contributed by atoms with Crippen molar-refractivity contribution in [2.75, 3.05) is 6.54 Å². The van der Waals surface area contributed by atoms with Crippen molar-refractivity contribution in [2.24, 2.45) is 0 Å². The van der Waals surface area contributed by atoms with E-state index in [1.807, 2.05) is 0 Å². The van der Waals surface area contributed by atoms with Gasteiger partial charge < -0.3 is 0 Å². The molecule has 2 saturated heterocycles. The van der Waals surface area contributed by atoms with E-state index in [1.165, 1.54) is 50.6 Å². The number of hydrogen-bond acceptors (Lipinski definition) is 1. The van der Waals surface area contributed by atoms with Gasteiger partial charge in [0.1, 0.15) is 0 Å². The summed E-state index contributed by atoms with van der Waals surface area (Å²) in [4.78, 5) is 2.79. The van der Waals surface area contributed by atoms with Gasteiger partial charge in [-0.25, -0.2) is 0 Å². The lowest BCUT2D eigenvalue weighted by atomic mass is 10.0. The Balaban J connectivity index is 1.59. The molecule has 0 saturated carbocycles. The minimum absolute atomic E-state index is 0.919. The Morgan fingerprint density at radius 2 is 1.62 bits per heavy atom. The van der Waals surface area contributed by atoms with Crippen molar-refractivity contribution in [1.82, 2.24) is 4.90 Å². The summed E-state index contributed by atoms with van der Waals surface area (Å²) in [5, 5.41) is 0. The van der Waals surface area contributed by atoms with Gasteiger partial charge in [0.2, 0.25) is 0 Å². The highest BCUT2D eigenvalue weighted by atomic mass is 15.2. The Bertz CT molecular complexity index is 317. The van der Waals surface area contributed by atoms with Gasteiger partial charge in [0.15, 0.2) is 0 Å². The maximum absolute atomic E-state index is 2.79. The minimum Gasteiger partial charge on any atom is -0.297 e. The minimum atomic E-state index is 0.919. The Morgan fingerprint density at radius 1 is 0.938 bits per heavy atom. The van der Waals surface area contributed by atoms with Gasteiger partial charge in [-0.2, -0.15) is 0 Å². The Kier molecular flexibility index (Phi) is 2.96. The first-order valence-corrected chi connectivity index (χ1v) is 6.73. The first-order chi connectivity index (χ1) is 7.93. The number of hydrogen-bond donors (Lipinski definition) is 0. The van der Waals surface area contributed by atoms with Crippen molar-refractivity contribution in [1.29, 1.82) is 0 Å². The molecule has 1 aromatic carbocycles. The SMILES string of the molecule is c1ccc(CCN2C3CCCC2CC3)cc1. The van der Waals surface area contributed by atoms with Gasteiger partial charge in [0.05, 0.1) is 0 Å². The van der Waals surface area contributed by atoms with Crippen LogP contribution in [0.3, 0.4) is 0 Å². The molecule has 2 bridgehead atoms. The van der Waals surface area contributed by atoms with E-state index in [9.17, 15) is 0 Å². The van der Waals surface area contributed by atoms with Crippen LogP contribution in [0.1, 0.15) is 37.7 Å². The average molecular weight is 215 g/mol. The molecule has 16 heavy (non-hydrogen) atoms. The summed E-state index contributed by atoms with van der Waals surface area (Å²) in [7, 11) is 0. The van der Waals surface area contributed by atoms with Gasteiger partial charge in [-0.15, -0.1) is 0 Å². The van der Waals surface area contributed by atoms with Crippen LogP contribution in [0.5, 0.6) is 0 Å². The molecule has 86 valence electrons. The molecule has 0 spiro atoms. The van der Waals surface area contributed by atoms with Gasteiger partial charge in [-0.3, -0.25) is 4.90 Å². The molecule has 0 N–H and O–H groups in total. The Hall–Kier alpha value is -0.820. The largest absolute Gasteiger partial charge is 0.297 e. The van der Waals surface area contributed by atoms with Gasteiger partial charge in [0, 0.05) is 18.6 Å². The fourth-order valence-corrected chi connectivity index (χ4v) is 3.49. The van der Waals surface area contributed by atoms with E-state index in [2.05, 4.69) is 35.2 Å². The molecule has 0 aromatic heterocycles. The predicted octanol–water partition coefficient (Wildman–Crippen LogP) is 3.25. The zero-order valence-corrected chi connectivity index (χ0v) is 9.94. The van der Waals surface area contributed by atoms with E-state index < -0.39 is 0 Å². The second-order valence-electron chi connectivity index (χ2n) is 5.29. The topological polar surface area (TPSA) is 3.24 Å². The monoisotopic (exact) mass is 215 g/mol. The first-order valence-electron chi connectivity index (χ1n) is 6.73. The average Bonchev–Trinajstić information content (AvgIpc) is 2.57. The van der Waals surface area contributed by atoms with Crippen LogP contribution in [-0.4, -0.2) is 23.5 Å². The lowest BCUT2D eigenvalue weighted by molar-refractivity contribution is 0.142. The van der Waals surface area contributed by atoms with Crippen LogP contribution in [0.25, 0.3) is 0 Å². The summed E-state index contributed by atoms with van der Waals surface area (Å²) in [6.45, 7) is 1.28. The summed E-state index contributed by atoms with van der Waals surface area (Å²) < 4.78 is 0. The van der Waals surface area contributed by atoms with Crippen molar-refractivity contribution >= 4 is 0 Å². The molecule has 3 rings (SSSR count). The van der Waals surface area contributed by atoms with E-state index in [0.717, 1.165) is 12.1 Å². The molecule has 2 unspecified atom stereocenters. The maximum Gasteiger partial charge on any atom is 0.00989 e. The van der Waals surface area contributed by atoms with Crippen LogP contribution in [0, 0.1) is 0 Å². The smallest absolute Gasteiger partial charge is 0.00989 e. The summed E-state index contributed by atoms with van der Waals surface area (Å²) in [5.74, 6) is 0. The second-order valence-corrected chi connectivity index (χ2v) is 5.29. The van der Waals surface area contributed by atoms with Crippen molar-refractivity contribution in [3.8, 4) is 0 Å². The highest BCUT2D eigenvalue weighted by Crippen LogP contribution is 2.35. The zero-order valence-electron chi connectivity index (χ0n) is 9.94. The van der Waals surface area contributed by atoms with Gasteiger partial charge in [0.25, 0.3) is 0 Å². The van der Waals surface area contributed by atoms with Crippen molar-refractivity contribution in [2.45, 2.75) is 50.6 Å². The molecule has 2 aliphatic heterocycles. The van der Waals surface area contributed by atoms with Crippen LogP contribution in [0.15, 0.2) is 30.3 Å². The summed E-state index contributed by atoms with van der Waals surface area (Å²) in [6.07, 6.45) is 8.51. The molecular formula is C15H21N. The van der Waals surface area contributed by atoms with Crippen molar-refractivity contribution in [3.05, 3.63) is 35.9 Å². The number of benzene rings is 1. The molecule has 1 heteroatoms. The number of nitrogens with zero attached hydrogens (tertiary/aromatic N) is 1. The Labute approximate surface area is 98.5 Å². The van der Waals surface area contributed by atoms with E-state index in [-0.39, 0.29) is 0 Å². The third-order valence-corrected chi connectivity index (χ3v) is 4.35. The van der Waals surface area contributed by atoms with Gasteiger partial charge in [-0.05, 0) is 37.7 Å².